The van der Waals surface area contributed by atoms with E-state index in [0.29, 0.717) is 6.42 Å². The Morgan fingerprint density at radius 2 is 2.00 bits per heavy atom. The number of hydrogen-bond acceptors (Lipinski definition) is 5. The molecule has 1 rings (SSSR count). The van der Waals surface area contributed by atoms with Gasteiger partial charge in [0.1, 0.15) is 0 Å². The Morgan fingerprint density at radius 3 is 2.55 bits per heavy atom. The van der Waals surface area contributed by atoms with Crippen LogP contribution in [-0.2, 0) is 20.7 Å². The second-order valence-electron chi connectivity index (χ2n) is 4.31. The molecule has 1 aromatic carbocycles. The van der Waals surface area contributed by atoms with Gasteiger partial charge in [0.25, 0.3) is 0 Å². The highest BCUT2D eigenvalue weighted by Crippen LogP contribution is 2.03. The van der Waals surface area contributed by atoms with Crippen molar-refractivity contribution in [1.29, 1.82) is 0 Å². The molecule has 6 nitrogen and oxygen atoms in total. The summed E-state index contributed by atoms with van der Waals surface area (Å²) in [5.74, 6) is -1.43. The first kappa shape index (κ1) is 16.1. The van der Waals surface area contributed by atoms with Crippen molar-refractivity contribution in [2.75, 3.05) is 13.2 Å². The molecule has 0 spiro atoms. The van der Waals surface area contributed by atoms with Crippen LogP contribution in [0.5, 0.6) is 0 Å². The Morgan fingerprint density at radius 1 is 1.35 bits per heavy atom. The minimum Gasteiger partial charge on any atom is -0.464 e. The second kappa shape index (κ2) is 8.29. The predicted molar refractivity (Wildman–Crippen MR) is 73.8 cm³/mol. The van der Waals surface area contributed by atoms with Crippen molar-refractivity contribution in [3.63, 3.8) is 0 Å². The first-order valence-electron chi connectivity index (χ1n) is 6.45. The van der Waals surface area contributed by atoms with Crippen molar-refractivity contribution in [3.05, 3.63) is 35.9 Å². The molecule has 0 aliphatic heterocycles. The van der Waals surface area contributed by atoms with Crippen LogP contribution in [0.15, 0.2) is 30.3 Å². The Bertz CT molecular complexity index is 436. The second-order valence-corrected chi connectivity index (χ2v) is 4.31. The van der Waals surface area contributed by atoms with Crippen LogP contribution in [0.1, 0.15) is 12.5 Å². The quantitative estimate of drug-likeness (QED) is 0.466. The topological polar surface area (TPSA) is 102 Å². The van der Waals surface area contributed by atoms with E-state index in [1.807, 2.05) is 30.3 Å². The third-order valence-corrected chi connectivity index (χ3v) is 2.71. The largest absolute Gasteiger partial charge is 0.464 e. The molecule has 0 saturated carbocycles. The van der Waals surface area contributed by atoms with Gasteiger partial charge in [0.05, 0.1) is 19.3 Å². The van der Waals surface area contributed by atoms with E-state index >= 15 is 0 Å². The molecule has 0 fully saturated rings. The molecule has 1 unspecified atom stereocenters. The molecule has 6 heteroatoms. The number of nitrogens with one attached hydrogen (secondary N) is 1. The molecule has 0 saturated heterocycles. The van der Waals surface area contributed by atoms with Gasteiger partial charge in [-0.2, -0.15) is 0 Å². The fourth-order valence-electron chi connectivity index (χ4n) is 1.69. The summed E-state index contributed by atoms with van der Waals surface area (Å²) in [6.45, 7) is 1.55. The van der Waals surface area contributed by atoms with E-state index in [0.717, 1.165) is 5.56 Å². The summed E-state index contributed by atoms with van der Waals surface area (Å²) >= 11 is 0. The summed E-state index contributed by atoms with van der Waals surface area (Å²) in [5.41, 5.74) is 6.44. The molecular weight excluding hydrogens is 260 g/mol. The van der Waals surface area contributed by atoms with Gasteiger partial charge in [-0.15, -0.1) is 0 Å². The fourth-order valence-corrected chi connectivity index (χ4v) is 1.69. The molecule has 0 aliphatic carbocycles. The molecule has 110 valence electrons. The number of carbonyl (C=O) groups excluding carboxylic acids is 2. The number of carbonyl (C=O) groups is 2. The molecule has 1 aromatic rings. The van der Waals surface area contributed by atoms with Crippen LogP contribution in [0.25, 0.3) is 0 Å². The summed E-state index contributed by atoms with van der Waals surface area (Å²) in [7, 11) is 0. The molecular formula is C14H20N2O4. The van der Waals surface area contributed by atoms with Crippen molar-refractivity contribution in [1.82, 2.24) is 5.32 Å². The van der Waals surface area contributed by atoms with Crippen LogP contribution in [0, 0.1) is 0 Å². The average Bonchev–Trinajstić information content (AvgIpc) is 2.46. The first-order chi connectivity index (χ1) is 9.58. The summed E-state index contributed by atoms with van der Waals surface area (Å²) in [5, 5.41) is 11.8. The number of aliphatic hydroxyl groups is 1. The lowest BCUT2D eigenvalue weighted by Crippen LogP contribution is -2.51. The standard InChI is InChI=1S/C14H20N2O4/c1-2-20-14(19)12(15)13(18)16-11(9-17)8-10-6-4-3-5-7-10/h3-7,11-12,17H,2,8-9,15H2,1H3,(H,16,18)/t11-,12?/m1/s1. The van der Waals surface area contributed by atoms with E-state index < -0.39 is 24.0 Å². The summed E-state index contributed by atoms with van der Waals surface area (Å²) in [6, 6.07) is 7.53. The predicted octanol–water partition coefficient (Wildman–Crippen LogP) is -0.403. The number of esters is 1. The van der Waals surface area contributed by atoms with Gasteiger partial charge in [-0.3, -0.25) is 4.79 Å². The number of aliphatic hydroxyl groups excluding tert-OH is 1. The SMILES string of the molecule is CCOC(=O)C(N)C(=O)N[C@@H](CO)Cc1ccccc1. The molecule has 20 heavy (non-hydrogen) atoms. The zero-order valence-electron chi connectivity index (χ0n) is 11.4. The van der Waals surface area contributed by atoms with Crippen molar-refractivity contribution in [2.45, 2.75) is 25.4 Å². The van der Waals surface area contributed by atoms with Crippen LogP contribution in [-0.4, -0.2) is 42.3 Å². The number of amides is 1. The van der Waals surface area contributed by atoms with Crippen molar-refractivity contribution in [3.8, 4) is 0 Å². The maximum absolute atomic E-state index is 11.8. The zero-order chi connectivity index (χ0) is 15.0. The van der Waals surface area contributed by atoms with Gasteiger partial charge in [0.15, 0.2) is 6.04 Å². The van der Waals surface area contributed by atoms with E-state index in [1.165, 1.54) is 0 Å². The van der Waals surface area contributed by atoms with Crippen LogP contribution in [0.4, 0.5) is 0 Å². The lowest BCUT2D eigenvalue weighted by atomic mass is 10.1. The molecule has 4 N–H and O–H groups in total. The van der Waals surface area contributed by atoms with Crippen molar-refractivity contribution >= 4 is 11.9 Å². The minimum atomic E-state index is -1.38. The molecule has 0 radical (unpaired) electrons. The van der Waals surface area contributed by atoms with E-state index in [4.69, 9.17) is 5.73 Å². The van der Waals surface area contributed by atoms with Crippen LogP contribution < -0.4 is 11.1 Å². The molecule has 1 amide bonds. The highest BCUT2D eigenvalue weighted by atomic mass is 16.5. The maximum Gasteiger partial charge on any atom is 0.332 e. The molecule has 0 aromatic heterocycles. The fraction of sp³-hybridized carbons (Fsp3) is 0.429. The first-order valence-corrected chi connectivity index (χ1v) is 6.45. The highest BCUT2D eigenvalue weighted by Gasteiger charge is 2.25. The van der Waals surface area contributed by atoms with E-state index in [2.05, 4.69) is 10.1 Å². The van der Waals surface area contributed by atoms with Gasteiger partial charge < -0.3 is 20.9 Å². The summed E-state index contributed by atoms with van der Waals surface area (Å²) < 4.78 is 4.67. The normalized spacial score (nSPS) is 13.3. The van der Waals surface area contributed by atoms with Gasteiger partial charge in [-0.05, 0) is 18.9 Å². The van der Waals surface area contributed by atoms with E-state index in [-0.39, 0.29) is 13.2 Å². The van der Waals surface area contributed by atoms with E-state index in [9.17, 15) is 14.7 Å². The third-order valence-electron chi connectivity index (χ3n) is 2.71. The molecule has 0 bridgehead atoms. The van der Waals surface area contributed by atoms with Gasteiger partial charge in [0.2, 0.25) is 5.91 Å². The van der Waals surface area contributed by atoms with Gasteiger partial charge in [-0.25, -0.2) is 4.79 Å². The van der Waals surface area contributed by atoms with Crippen LogP contribution in [0.3, 0.4) is 0 Å². The van der Waals surface area contributed by atoms with Crippen LogP contribution >= 0.6 is 0 Å². The Labute approximate surface area is 117 Å². The van der Waals surface area contributed by atoms with Gasteiger partial charge in [0, 0.05) is 0 Å². The van der Waals surface area contributed by atoms with Crippen LogP contribution in [0.2, 0.25) is 0 Å². The number of nitrogens with two attached hydrogens (primary N) is 1. The molecule has 0 heterocycles. The number of hydrogen-bond donors (Lipinski definition) is 3. The average molecular weight is 280 g/mol. The lowest BCUT2D eigenvalue weighted by Gasteiger charge is -2.18. The van der Waals surface area contributed by atoms with E-state index in [1.54, 1.807) is 6.92 Å². The number of benzene rings is 1. The maximum atomic E-state index is 11.8. The number of ether oxygens (including phenoxy) is 1. The van der Waals surface area contributed by atoms with Gasteiger partial charge >= 0.3 is 5.97 Å². The lowest BCUT2D eigenvalue weighted by molar-refractivity contribution is -0.148. The molecule has 2 atom stereocenters. The Hall–Kier alpha value is -1.92. The summed E-state index contributed by atoms with van der Waals surface area (Å²) in [6.07, 6.45) is 0.457. The zero-order valence-corrected chi connectivity index (χ0v) is 11.4. The minimum absolute atomic E-state index is 0.160. The monoisotopic (exact) mass is 280 g/mol. The van der Waals surface area contributed by atoms with Crippen molar-refractivity contribution < 1.29 is 19.4 Å². The van der Waals surface area contributed by atoms with Gasteiger partial charge in [-0.1, -0.05) is 30.3 Å². The third kappa shape index (κ3) is 4.99. The van der Waals surface area contributed by atoms with Crippen molar-refractivity contribution in [2.24, 2.45) is 5.73 Å². The smallest absolute Gasteiger partial charge is 0.332 e. The summed E-state index contributed by atoms with van der Waals surface area (Å²) in [4.78, 5) is 23.1. The Balaban J connectivity index is 2.55. The Kier molecular flexibility index (Phi) is 6.69. The molecule has 0 aliphatic rings. The highest BCUT2D eigenvalue weighted by molar-refractivity contribution is 6.01. The number of rotatable bonds is 7.